The normalized spacial score (nSPS) is 12.7. The Hall–Kier alpha value is -2.81. The number of benzene rings is 1. The number of hydrogen-bond donors (Lipinski definition) is 4. The van der Waals surface area contributed by atoms with Crippen LogP contribution in [0.25, 0.3) is 0 Å². The van der Waals surface area contributed by atoms with Crippen LogP contribution in [0.2, 0.25) is 0 Å². The Kier molecular flexibility index (Phi) is 6.58. The first-order valence-electron chi connectivity index (χ1n) is 7.70. The maximum atomic E-state index is 9.19. The summed E-state index contributed by atoms with van der Waals surface area (Å²) in [6.45, 7) is 1.72. The number of amidine groups is 1. The van der Waals surface area contributed by atoms with Gasteiger partial charge >= 0.3 is 0 Å². The van der Waals surface area contributed by atoms with Gasteiger partial charge < -0.3 is 21.3 Å². The zero-order valence-corrected chi connectivity index (χ0v) is 14.0. The van der Waals surface area contributed by atoms with Gasteiger partial charge in [-0.15, -0.1) is 0 Å². The highest BCUT2D eigenvalue weighted by Gasteiger charge is 2.18. The molecule has 1 aromatic carbocycles. The molecule has 25 heavy (non-hydrogen) atoms. The van der Waals surface area contributed by atoms with E-state index >= 15 is 0 Å². The van der Waals surface area contributed by atoms with Gasteiger partial charge in [-0.05, 0) is 36.8 Å². The van der Waals surface area contributed by atoms with Gasteiger partial charge in [0.2, 0.25) is 0 Å². The summed E-state index contributed by atoms with van der Waals surface area (Å²) in [7, 11) is 0. The number of nitrogens with two attached hydrogens (primary N) is 2. The molecule has 0 radical (unpaired) electrons. The number of aliphatic hydroxyl groups is 1. The predicted octanol–water partition coefficient (Wildman–Crippen LogP) is 1.30. The average molecular weight is 342 g/mol. The number of nitrogen functional groups attached to an aromatic ring is 1. The van der Waals surface area contributed by atoms with Gasteiger partial charge in [-0.3, -0.25) is 10.3 Å². The fraction of sp³-hybridized carbons (Fsp3) is 0.235. The van der Waals surface area contributed by atoms with E-state index in [1.54, 1.807) is 54.4 Å². The molecule has 8 heteroatoms. The van der Waals surface area contributed by atoms with Crippen LogP contribution in [0.1, 0.15) is 18.1 Å². The number of pyridine rings is 1. The SMILES string of the molecule is CC(N=C(c1cccnc1N)N(C=N)c1ccc(CO)cc1)OCN. The van der Waals surface area contributed by atoms with Crippen molar-refractivity contribution in [2.24, 2.45) is 10.7 Å². The van der Waals surface area contributed by atoms with Crippen molar-refractivity contribution < 1.29 is 9.84 Å². The molecule has 0 saturated heterocycles. The molecule has 0 fully saturated rings. The number of aliphatic imine (C=N–C) groups is 1. The minimum atomic E-state index is -0.529. The van der Waals surface area contributed by atoms with E-state index in [0.29, 0.717) is 22.9 Å². The van der Waals surface area contributed by atoms with E-state index in [2.05, 4.69) is 9.98 Å². The van der Waals surface area contributed by atoms with Gasteiger partial charge in [-0.1, -0.05) is 12.1 Å². The molecule has 1 heterocycles. The zero-order chi connectivity index (χ0) is 18.2. The van der Waals surface area contributed by atoms with Gasteiger partial charge in [0.1, 0.15) is 17.9 Å². The highest BCUT2D eigenvalue weighted by atomic mass is 16.5. The van der Waals surface area contributed by atoms with Gasteiger partial charge in [-0.25, -0.2) is 9.98 Å². The minimum Gasteiger partial charge on any atom is -0.392 e. The molecule has 2 aromatic rings. The molecule has 2 rings (SSSR count). The van der Waals surface area contributed by atoms with Crippen molar-refractivity contribution in [3.8, 4) is 0 Å². The Bertz CT molecular complexity index is 732. The number of hydrogen-bond acceptors (Lipinski definition) is 7. The molecule has 0 spiro atoms. The van der Waals surface area contributed by atoms with Crippen molar-refractivity contribution in [2.75, 3.05) is 17.4 Å². The third-order valence-electron chi connectivity index (χ3n) is 3.48. The maximum absolute atomic E-state index is 9.19. The largest absolute Gasteiger partial charge is 0.392 e. The number of rotatable bonds is 7. The summed E-state index contributed by atoms with van der Waals surface area (Å²) < 4.78 is 5.29. The lowest BCUT2D eigenvalue weighted by Gasteiger charge is -2.23. The van der Waals surface area contributed by atoms with Crippen LogP contribution in [0, 0.1) is 5.41 Å². The summed E-state index contributed by atoms with van der Waals surface area (Å²) in [6, 6.07) is 10.6. The smallest absolute Gasteiger partial charge is 0.149 e. The van der Waals surface area contributed by atoms with E-state index in [1.165, 1.54) is 0 Å². The second-order valence-corrected chi connectivity index (χ2v) is 5.15. The van der Waals surface area contributed by atoms with Gasteiger partial charge in [0.15, 0.2) is 0 Å². The van der Waals surface area contributed by atoms with Crippen LogP contribution >= 0.6 is 0 Å². The summed E-state index contributed by atoms with van der Waals surface area (Å²) in [5.41, 5.74) is 13.4. The first-order chi connectivity index (χ1) is 12.1. The zero-order valence-electron chi connectivity index (χ0n) is 14.0. The van der Waals surface area contributed by atoms with Crippen LogP contribution in [-0.4, -0.2) is 35.2 Å². The molecule has 0 aliphatic heterocycles. The summed E-state index contributed by atoms with van der Waals surface area (Å²) in [5.74, 6) is 0.707. The number of nitrogens with one attached hydrogen (secondary N) is 1. The number of nitrogens with zero attached hydrogens (tertiary/aromatic N) is 3. The third kappa shape index (κ3) is 4.60. The van der Waals surface area contributed by atoms with Crippen LogP contribution in [0.4, 0.5) is 11.5 Å². The first-order valence-corrected chi connectivity index (χ1v) is 7.70. The van der Waals surface area contributed by atoms with Crippen molar-refractivity contribution in [1.29, 1.82) is 5.41 Å². The summed E-state index contributed by atoms with van der Waals surface area (Å²) in [6.07, 6.45) is 2.19. The molecule has 0 saturated carbocycles. The fourth-order valence-electron chi connectivity index (χ4n) is 2.24. The maximum Gasteiger partial charge on any atom is 0.149 e. The lowest BCUT2D eigenvalue weighted by Crippen LogP contribution is -2.32. The molecular formula is C17H22N6O2. The molecule has 1 atom stereocenters. The highest BCUT2D eigenvalue weighted by Crippen LogP contribution is 2.20. The Morgan fingerprint density at radius 3 is 2.68 bits per heavy atom. The van der Waals surface area contributed by atoms with Crippen molar-refractivity contribution in [3.63, 3.8) is 0 Å². The number of aliphatic hydroxyl groups excluding tert-OH is 1. The number of aromatic nitrogens is 1. The molecule has 132 valence electrons. The first kappa shape index (κ1) is 18.5. The fourth-order valence-corrected chi connectivity index (χ4v) is 2.24. The molecule has 8 nitrogen and oxygen atoms in total. The van der Waals surface area contributed by atoms with E-state index in [4.69, 9.17) is 21.6 Å². The second kappa shape index (κ2) is 8.88. The lowest BCUT2D eigenvalue weighted by molar-refractivity contribution is 0.0777. The minimum absolute atomic E-state index is 0.0241. The topological polar surface area (TPSA) is 134 Å². The second-order valence-electron chi connectivity index (χ2n) is 5.15. The van der Waals surface area contributed by atoms with Crippen LogP contribution in [0.3, 0.4) is 0 Å². The monoisotopic (exact) mass is 342 g/mol. The molecule has 0 amide bonds. The molecule has 1 aromatic heterocycles. The molecular weight excluding hydrogens is 320 g/mol. The highest BCUT2D eigenvalue weighted by molar-refractivity contribution is 6.20. The summed E-state index contributed by atoms with van der Waals surface area (Å²) in [5, 5.41) is 17.0. The van der Waals surface area contributed by atoms with Gasteiger partial charge in [0.05, 0.1) is 25.2 Å². The number of ether oxygens (including phenoxy) is 1. The summed E-state index contributed by atoms with van der Waals surface area (Å²) >= 11 is 0. The quantitative estimate of drug-likeness (QED) is 0.340. The van der Waals surface area contributed by atoms with E-state index in [1.807, 2.05) is 0 Å². The Morgan fingerprint density at radius 2 is 2.12 bits per heavy atom. The molecule has 0 bridgehead atoms. The molecule has 0 aliphatic rings. The van der Waals surface area contributed by atoms with E-state index in [9.17, 15) is 5.11 Å². The van der Waals surface area contributed by atoms with Crippen LogP contribution in [0.5, 0.6) is 0 Å². The third-order valence-corrected chi connectivity index (χ3v) is 3.48. The van der Waals surface area contributed by atoms with Crippen molar-refractivity contribution in [1.82, 2.24) is 4.98 Å². The van der Waals surface area contributed by atoms with E-state index in [0.717, 1.165) is 11.9 Å². The van der Waals surface area contributed by atoms with Crippen LogP contribution < -0.4 is 16.4 Å². The molecule has 0 aliphatic carbocycles. The predicted molar refractivity (Wildman–Crippen MR) is 98.4 cm³/mol. The summed E-state index contributed by atoms with van der Waals surface area (Å²) in [4.78, 5) is 10.2. The van der Waals surface area contributed by atoms with Crippen LogP contribution in [0.15, 0.2) is 47.6 Å². The van der Waals surface area contributed by atoms with Crippen molar-refractivity contribution in [2.45, 2.75) is 19.8 Å². The lowest BCUT2D eigenvalue weighted by atomic mass is 10.1. The van der Waals surface area contributed by atoms with E-state index in [-0.39, 0.29) is 13.3 Å². The molecule has 1 unspecified atom stereocenters. The Labute approximate surface area is 146 Å². The van der Waals surface area contributed by atoms with Crippen molar-refractivity contribution >= 4 is 23.7 Å². The van der Waals surface area contributed by atoms with E-state index < -0.39 is 6.23 Å². The van der Waals surface area contributed by atoms with Crippen LogP contribution in [-0.2, 0) is 11.3 Å². The van der Waals surface area contributed by atoms with Gasteiger partial charge in [0, 0.05) is 11.9 Å². The number of anilines is 2. The Balaban J connectivity index is 2.51. The standard InChI is InChI=1S/C17H22N6O2/c1-12(25-11-19)22-17(15-3-2-8-21-16(15)20)23(10-18)14-6-4-13(9-24)5-7-14/h2-8,10,12,18,24H,9,11,19H2,1H3,(H2,20,21). The van der Waals surface area contributed by atoms with Crippen molar-refractivity contribution in [3.05, 3.63) is 53.7 Å². The average Bonchev–Trinajstić information content (AvgIpc) is 2.63. The Morgan fingerprint density at radius 1 is 1.40 bits per heavy atom. The van der Waals surface area contributed by atoms with Gasteiger partial charge in [0.25, 0.3) is 0 Å². The van der Waals surface area contributed by atoms with Gasteiger partial charge in [-0.2, -0.15) is 0 Å². The molecule has 6 N–H and O–H groups in total.